The molecule has 0 aliphatic heterocycles. The standard InChI is InChI=1S/C25H29N5O2S/c1-16(31)26-18-13-11-17(12-14-18)24-27-28-25(29(24)2)33-15-23(32)30-21-9-5-3-7-19(21)20-8-4-6-10-22(20)30/h11-14H,3-10,15H2,1-2H3,(H,26,31). The first kappa shape index (κ1) is 21.9. The SMILES string of the molecule is CC(=O)Nc1ccc(-c2nnc(SCC(=O)n3c4c(c5c3CCCC5)CCCC4)n2C)cc1. The highest BCUT2D eigenvalue weighted by atomic mass is 32.2. The fourth-order valence-electron chi connectivity index (χ4n) is 5.18. The highest BCUT2D eigenvalue weighted by Crippen LogP contribution is 2.35. The maximum atomic E-state index is 13.4. The molecule has 8 heteroatoms. The van der Waals surface area contributed by atoms with Crippen molar-refractivity contribution in [2.24, 2.45) is 7.05 Å². The first-order chi connectivity index (χ1) is 16.0. The molecule has 0 saturated carbocycles. The summed E-state index contributed by atoms with van der Waals surface area (Å²) < 4.78 is 3.99. The van der Waals surface area contributed by atoms with E-state index in [-0.39, 0.29) is 11.8 Å². The third-order valence-electron chi connectivity index (χ3n) is 6.65. The zero-order valence-corrected chi connectivity index (χ0v) is 20.0. The fourth-order valence-corrected chi connectivity index (χ4v) is 5.94. The third kappa shape index (κ3) is 4.24. The van der Waals surface area contributed by atoms with Crippen molar-refractivity contribution in [2.75, 3.05) is 11.1 Å². The van der Waals surface area contributed by atoms with Crippen molar-refractivity contribution < 1.29 is 9.59 Å². The van der Waals surface area contributed by atoms with Crippen molar-refractivity contribution in [1.82, 2.24) is 19.3 Å². The molecule has 0 spiro atoms. The van der Waals surface area contributed by atoms with Gasteiger partial charge >= 0.3 is 0 Å². The fraction of sp³-hybridized carbons (Fsp3) is 0.440. The van der Waals surface area contributed by atoms with Crippen LogP contribution in [0.25, 0.3) is 11.4 Å². The number of carbonyl (C=O) groups excluding carboxylic acids is 2. The number of rotatable bonds is 5. The van der Waals surface area contributed by atoms with Gasteiger partial charge in [0.2, 0.25) is 11.8 Å². The Hall–Kier alpha value is -2.87. The van der Waals surface area contributed by atoms with Gasteiger partial charge in [-0.25, -0.2) is 0 Å². The van der Waals surface area contributed by atoms with Crippen molar-refractivity contribution in [3.63, 3.8) is 0 Å². The number of carbonyl (C=O) groups is 2. The largest absolute Gasteiger partial charge is 0.326 e. The van der Waals surface area contributed by atoms with E-state index in [9.17, 15) is 9.59 Å². The van der Waals surface area contributed by atoms with Crippen LogP contribution in [-0.4, -0.2) is 36.9 Å². The van der Waals surface area contributed by atoms with Gasteiger partial charge in [0.05, 0.1) is 5.75 Å². The average molecular weight is 464 g/mol. The molecule has 2 aromatic heterocycles. The minimum atomic E-state index is -0.102. The Bertz CT molecular complexity index is 1180. The van der Waals surface area contributed by atoms with Gasteiger partial charge in [0.25, 0.3) is 0 Å². The van der Waals surface area contributed by atoms with Crippen LogP contribution in [0.1, 0.15) is 59.9 Å². The molecule has 1 aromatic carbocycles. The maximum absolute atomic E-state index is 13.4. The molecule has 2 aliphatic rings. The maximum Gasteiger partial charge on any atom is 0.241 e. The molecule has 2 aliphatic carbocycles. The van der Waals surface area contributed by atoms with Crippen molar-refractivity contribution in [3.8, 4) is 11.4 Å². The summed E-state index contributed by atoms with van der Waals surface area (Å²) in [5.41, 5.74) is 7.14. The molecule has 1 N–H and O–H groups in total. The van der Waals surface area contributed by atoms with Gasteiger partial charge < -0.3 is 9.88 Å². The molecule has 1 amide bonds. The van der Waals surface area contributed by atoms with Gasteiger partial charge in [-0.05, 0) is 86.8 Å². The molecule has 0 atom stereocenters. The van der Waals surface area contributed by atoms with Crippen molar-refractivity contribution in [2.45, 2.75) is 63.4 Å². The van der Waals surface area contributed by atoms with Gasteiger partial charge in [0, 0.05) is 36.6 Å². The van der Waals surface area contributed by atoms with Crippen molar-refractivity contribution >= 4 is 29.3 Å². The lowest BCUT2D eigenvalue weighted by molar-refractivity contribution is -0.114. The van der Waals surface area contributed by atoms with Gasteiger partial charge in [-0.2, -0.15) is 0 Å². The minimum absolute atomic E-state index is 0.102. The Balaban J connectivity index is 1.33. The molecule has 5 rings (SSSR count). The normalized spacial score (nSPS) is 15.1. The molecule has 33 heavy (non-hydrogen) atoms. The van der Waals surface area contributed by atoms with Gasteiger partial charge in [0.15, 0.2) is 11.0 Å². The van der Waals surface area contributed by atoms with E-state index < -0.39 is 0 Å². The van der Waals surface area contributed by atoms with Crippen molar-refractivity contribution in [1.29, 1.82) is 0 Å². The van der Waals surface area contributed by atoms with Crippen LogP contribution in [0, 0.1) is 0 Å². The van der Waals surface area contributed by atoms with Crippen LogP contribution in [0.2, 0.25) is 0 Å². The molecular formula is C25H29N5O2S. The van der Waals surface area contributed by atoms with E-state index in [2.05, 4.69) is 20.1 Å². The summed E-state index contributed by atoms with van der Waals surface area (Å²) in [6.45, 7) is 1.49. The van der Waals surface area contributed by atoms with E-state index >= 15 is 0 Å². The van der Waals surface area contributed by atoms with E-state index in [1.165, 1.54) is 66.9 Å². The number of anilines is 1. The molecular weight excluding hydrogens is 434 g/mol. The van der Waals surface area contributed by atoms with Gasteiger partial charge in [-0.3, -0.25) is 14.2 Å². The molecule has 7 nitrogen and oxygen atoms in total. The Morgan fingerprint density at radius 2 is 1.55 bits per heavy atom. The highest BCUT2D eigenvalue weighted by molar-refractivity contribution is 7.99. The van der Waals surface area contributed by atoms with Gasteiger partial charge in [-0.1, -0.05) is 11.8 Å². The molecule has 0 unspecified atom stereocenters. The highest BCUT2D eigenvalue weighted by Gasteiger charge is 2.29. The van der Waals surface area contributed by atoms with E-state index in [0.29, 0.717) is 5.75 Å². The lowest BCUT2D eigenvalue weighted by atomic mass is 9.89. The smallest absolute Gasteiger partial charge is 0.241 e. The number of amides is 1. The number of hydrogen-bond acceptors (Lipinski definition) is 5. The van der Waals surface area contributed by atoms with Gasteiger partial charge in [0.1, 0.15) is 0 Å². The predicted molar refractivity (Wildman–Crippen MR) is 130 cm³/mol. The van der Waals surface area contributed by atoms with Crippen LogP contribution in [0.3, 0.4) is 0 Å². The summed E-state index contributed by atoms with van der Waals surface area (Å²) in [4.78, 5) is 24.6. The van der Waals surface area contributed by atoms with Gasteiger partial charge in [-0.15, -0.1) is 10.2 Å². The number of thioether (sulfide) groups is 1. The van der Waals surface area contributed by atoms with E-state index in [1.54, 1.807) is 0 Å². The summed E-state index contributed by atoms with van der Waals surface area (Å²) in [7, 11) is 1.92. The zero-order valence-electron chi connectivity index (χ0n) is 19.2. The number of nitrogens with zero attached hydrogens (tertiary/aromatic N) is 4. The first-order valence-electron chi connectivity index (χ1n) is 11.7. The number of aromatic nitrogens is 4. The second-order valence-corrected chi connectivity index (χ2v) is 9.85. The topological polar surface area (TPSA) is 81.8 Å². The van der Waals surface area contributed by atoms with Crippen LogP contribution in [0.4, 0.5) is 5.69 Å². The Kier molecular flexibility index (Phi) is 6.10. The van der Waals surface area contributed by atoms with E-state index in [1.807, 2.05) is 35.9 Å². The lowest BCUT2D eigenvalue weighted by Crippen LogP contribution is -2.21. The van der Waals surface area contributed by atoms with Crippen molar-refractivity contribution in [3.05, 3.63) is 46.8 Å². The minimum Gasteiger partial charge on any atom is -0.326 e. The molecule has 0 radical (unpaired) electrons. The van der Waals surface area contributed by atoms with Crippen LogP contribution in [0.15, 0.2) is 29.4 Å². The third-order valence-corrected chi connectivity index (χ3v) is 7.66. The summed E-state index contributed by atoms with van der Waals surface area (Å²) >= 11 is 1.44. The predicted octanol–water partition coefficient (Wildman–Crippen LogP) is 4.43. The second kappa shape index (κ2) is 9.17. The van der Waals surface area contributed by atoms with Crippen LogP contribution in [0.5, 0.6) is 0 Å². The zero-order chi connectivity index (χ0) is 22.9. The van der Waals surface area contributed by atoms with E-state index in [0.717, 1.165) is 47.9 Å². The Labute approximate surface area is 198 Å². The molecule has 2 heterocycles. The summed E-state index contributed by atoms with van der Waals surface area (Å²) in [6, 6.07) is 7.51. The summed E-state index contributed by atoms with van der Waals surface area (Å²) in [5, 5.41) is 12.2. The molecule has 0 fully saturated rings. The molecule has 3 aromatic rings. The first-order valence-corrected chi connectivity index (χ1v) is 12.7. The number of nitrogens with one attached hydrogen (secondary N) is 1. The monoisotopic (exact) mass is 463 g/mol. The molecule has 172 valence electrons. The average Bonchev–Trinajstić information content (AvgIpc) is 3.35. The lowest BCUT2D eigenvalue weighted by Gasteiger charge is -2.16. The second-order valence-electron chi connectivity index (χ2n) is 8.91. The molecule has 0 bridgehead atoms. The van der Waals surface area contributed by atoms with Crippen LogP contribution >= 0.6 is 11.8 Å². The number of fused-ring (bicyclic) bond motifs is 3. The van der Waals surface area contributed by atoms with E-state index in [4.69, 9.17) is 0 Å². The quantitative estimate of drug-likeness (QED) is 0.566. The Morgan fingerprint density at radius 1 is 0.939 bits per heavy atom. The Morgan fingerprint density at radius 3 is 2.15 bits per heavy atom. The number of benzene rings is 1. The summed E-state index contributed by atoms with van der Waals surface area (Å²) in [6.07, 6.45) is 9.09. The van der Waals surface area contributed by atoms with Crippen LogP contribution in [-0.2, 0) is 37.5 Å². The summed E-state index contributed by atoms with van der Waals surface area (Å²) in [5.74, 6) is 1.14. The molecule has 0 saturated heterocycles. The number of hydrogen-bond donors (Lipinski definition) is 1. The van der Waals surface area contributed by atoms with Crippen LogP contribution < -0.4 is 5.32 Å².